The van der Waals surface area contributed by atoms with Crippen LogP contribution in [-0.4, -0.2) is 81.2 Å². The molecule has 1 saturated carbocycles. The third kappa shape index (κ3) is 5.52. The van der Waals surface area contributed by atoms with Gasteiger partial charge in [-0.2, -0.15) is 5.10 Å². The molecule has 1 aliphatic carbocycles. The van der Waals surface area contributed by atoms with Crippen LogP contribution in [0.1, 0.15) is 72.9 Å². The molecule has 45 heavy (non-hydrogen) atoms. The van der Waals surface area contributed by atoms with E-state index in [1.54, 1.807) is 29.6 Å². The Morgan fingerprint density at radius 3 is 2.56 bits per heavy atom. The molecule has 2 atom stereocenters. The molecule has 3 aliphatic rings. The minimum Gasteiger partial charge on any atom is -0.372 e. The Labute approximate surface area is 263 Å². The molecule has 5 heterocycles. The molecule has 2 N–H and O–H groups in total. The zero-order valence-electron chi connectivity index (χ0n) is 26.5. The number of aryl methyl sites for hydroxylation is 1. The molecule has 0 spiro atoms. The van der Waals surface area contributed by atoms with Crippen molar-refractivity contribution < 1.29 is 18.7 Å². The van der Waals surface area contributed by atoms with Crippen molar-refractivity contribution >= 4 is 28.2 Å². The van der Waals surface area contributed by atoms with Gasteiger partial charge in [-0.25, -0.2) is 8.91 Å². The Hall–Kier alpha value is -3.76. The topological polar surface area (TPSA) is 98.1 Å². The number of hydrogen-bond donors (Lipinski definition) is 1. The lowest BCUT2D eigenvalue weighted by Gasteiger charge is -2.34. The quantitative estimate of drug-likeness (QED) is 0.312. The highest BCUT2D eigenvalue weighted by atomic mass is 19.1. The number of halogens is 1. The number of aromatic nitrogens is 3. The predicted octanol–water partition coefficient (Wildman–Crippen LogP) is 5.12. The van der Waals surface area contributed by atoms with Crippen LogP contribution < -0.4 is 5.73 Å². The van der Waals surface area contributed by atoms with E-state index >= 15 is 4.39 Å². The highest BCUT2D eigenvalue weighted by Crippen LogP contribution is 2.41. The van der Waals surface area contributed by atoms with Crippen LogP contribution in [0.5, 0.6) is 0 Å². The normalized spacial score (nSPS) is 20.3. The van der Waals surface area contributed by atoms with E-state index in [1.807, 2.05) is 11.8 Å². The minimum atomic E-state index is -0.451. The van der Waals surface area contributed by atoms with Crippen LogP contribution >= 0.6 is 0 Å². The van der Waals surface area contributed by atoms with Crippen molar-refractivity contribution in [2.75, 3.05) is 33.3 Å². The second kappa shape index (κ2) is 11.9. The molecule has 9 nitrogen and oxygen atoms in total. The largest absolute Gasteiger partial charge is 0.372 e. The van der Waals surface area contributed by atoms with Crippen LogP contribution in [0.3, 0.4) is 0 Å². The minimum absolute atomic E-state index is 0.0486. The van der Waals surface area contributed by atoms with E-state index < -0.39 is 11.9 Å². The van der Waals surface area contributed by atoms with Crippen LogP contribution in [0.2, 0.25) is 0 Å². The summed E-state index contributed by atoms with van der Waals surface area (Å²) in [7, 11) is 1.57. The molecule has 7 rings (SSSR count). The first kappa shape index (κ1) is 29.9. The number of amides is 2. The number of para-hydroxylation sites is 1. The van der Waals surface area contributed by atoms with Crippen molar-refractivity contribution in [2.24, 2.45) is 11.7 Å². The molecule has 3 aromatic heterocycles. The van der Waals surface area contributed by atoms with Gasteiger partial charge in [-0.05, 0) is 81.9 Å². The fourth-order valence-corrected chi connectivity index (χ4v) is 7.41. The number of piperidine rings is 2. The molecule has 4 aromatic rings. The smallest absolute Gasteiger partial charge is 0.255 e. The first-order chi connectivity index (χ1) is 21.7. The Morgan fingerprint density at radius 2 is 1.84 bits per heavy atom. The maximum atomic E-state index is 15.7. The summed E-state index contributed by atoms with van der Waals surface area (Å²) in [6, 6.07) is 9.98. The van der Waals surface area contributed by atoms with E-state index in [0.29, 0.717) is 43.5 Å². The molecule has 1 aromatic carbocycles. The molecule has 2 amide bonds. The van der Waals surface area contributed by atoms with Crippen LogP contribution in [0.15, 0.2) is 36.5 Å². The van der Waals surface area contributed by atoms with Crippen LogP contribution in [0, 0.1) is 18.7 Å². The Balaban J connectivity index is 1.26. The number of benzene rings is 1. The molecule has 10 heteroatoms. The van der Waals surface area contributed by atoms with Gasteiger partial charge in [-0.15, -0.1) is 0 Å². The van der Waals surface area contributed by atoms with E-state index in [9.17, 15) is 9.59 Å². The van der Waals surface area contributed by atoms with Crippen molar-refractivity contribution in [1.82, 2.24) is 24.0 Å². The van der Waals surface area contributed by atoms with Crippen molar-refractivity contribution in [3.8, 4) is 11.4 Å². The van der Waals surface area contributed by atoms with E-state index in [1.165, 1.54) is 30.0 Å². The van der Waals surface area contributed by atoms with E-state index in [4.69, 9.17) is 15.6 Å². The van der Waals surface area contributed by atoms with Crippen LogP contribution in [-0.2, 0) is 16.1 Å². The number of carbonyl (C=O) groups excluding carboxylic acids is 2. The number of ether oxygens (including phenoxy) is 1. The zero-order chi connectivity index (χ0) is 31.4. The van der Waals surface area contributed by atoms with E-state index in [0.717, 1.165) is 54.6 Å². The number of rotatable bonds is 7. The Bertz CT molecular complexity index is 1770. The van der Waals surface area contributed by atoms with Gasteiger partial charge in [0, 0.05) is 63.0 Å². The number of carbonyl (C=O) groups is 2. The summed E-state index contributed by atoms with van der Waals surface area (Å²) >= 11 is 0. The lowest BCUT2D eigenvalue weighted by molar-refractivity contribution is -0.142. The summed E-state index contributed by atoms with van der Waals surface area (Å²) in [6.45, 7) is 7.12. The fourth-order valence-electron chi connectivity index (χ4n) is 7.41. The second-order valence-corrected chi connectivity index (χ2v) is 13.3. The maximum absolute atomic E-state index is 15.7. The monoisotopic (exact) mass is 614 g/mol. The number of pyridine rings is 1. The molecule has 238 valence electrons. The lowest BCUT2D eigenvalue weighted by Crippen LogP contribution is -2.45. The van der Waals surface area contributed by atoms with Crippen molar-refractivity contribution in [3.05, 3.63) is 59.0 Å². The first-order valence-corrected chi connectivity index (χ1v) is 16.4. The third-order valence-electron chi connectivity index (χ3n) is 10.2. The number of methoxy groups -OCH3 is 1. The molecular formula is C35H43FN6O3. The highest BCUT2D eigenvalue weighted by Gasteiger charge is 2.31. The van der Waals surface area contributed by atoms with E-state index in [-0.39, 0.29) is 23.4 Å². The molecule has 0 radical (unpaired) electrons. The Morgan fingerprint density at radius 1 is 1.07 bits per heavy atom. The zero-order valence-corrected chi connectivity index (χ0v) is 26.5. The summed E-state index contributed by atoms with van der Waals surface area (Å²) in [5.41, 5.74) is 11.8. The number of nitrogens with zero attached hydrogens (tertiary/aromatic N) is 5. The molecule has 3 fully saturated rings. The number of fused-ring (bicyclic) bond motifs is 2. The number of hydrogen-bond acceptors (Lipinski definition) is 5. The average molecular weight is 615 g/mol. The first-order valence-electron chi connectivity index (χ1n) is 16.4. The highest BCUT2D eigenvalue weighted by molar-refractivity contribution is 5.95. The molecule has 2 saturated heterocycles. The fraction of sp³-hybridized carbons (Fsp3) is 0.514. The molecule has 0 unspecified atom stereocenters. The number of likely N-dealkylation sites (tertiary alicyclic amines) is 2. The van der Waals surface area contributed by atoms with Gasteiger partial charge in [0.25, 0.3) is 11.8 Å². The maximum Gasteiger partial charge on any atom is 0.255 e. The molecule has 0 bridgehead atoms. The Kier molecular flexibility index (Phi) is 7.90. The van der Waals surface area contributed by atoms with Gasteiger partial charge < -0.3 is 24.8 Å². The van der Waals surface area contributed by atoms with E-state index in [2.05, 4.69) is 28.8 Å². The predicted molar refractivity (Wildman–Crippen MR) is 172 cm³/mol. The van der Waals surface area contributed by atoms with Crippen LogP contribution in [0.4, 0.5) is 4.39 Å². The summed E-state index contributed by atoms with van der Waals surface area (Å²) in [6.07, 6.45) is 7.15. The van der Waals surface area contributed by atoms with Gasteiger partial charge in [-0.1, -0.05) is 18.2 Å². The number of nitrogens with two attached hydrogens (primary N) is 1. The summed E-state index contributed by atoms with van der Waals surface area (Å²) < 4.78 is 25.0. The van der Waals surface area contributed by atoms with Crippen molar-refractivity contribution in [2.45, 2.75) is 77.0 Å². The van der Waals surface area contributed by atoms with Gasteiger partial charge in [0.2, 0.25) is 0 Å². The molecule has 2 aliphatic heterocycles. The van der Waals surface area contributed by atoms with Gasteiger partial charge >= 0.3 is 0 Å². The molecular weight excluding hydrogens is 571 g/mol. The second-order valence-electron chi connectivity index (χ2n) is 13.3. The van der Waals surface area contributed by atoms with Crippen LogP contribution in [0.25, 0.3) is 27.8 Å². The van der Waals surface area contributed by atoms with Gasteiger partial charge in [0.15, 0.2) is 0 Å². The summed E-state index contributed by atoms with van der Waals surface area (Å²) in [5.74, 6) is 0.321. The van der Waals surface area contributed by atoms with Crippen molar-refractivity contribution in [3.63, 3.8) is 0 Å². The lowest BCUT2D eigenvalue weighted by atomic mass is 9.88. The standard InChI is InChI=1S/C35H43FN6O3/c1-21-31(38-42-19-26(16-29(36)32(21)42)35(44)40-13-5-7-27(37)20-40)30-17-25-6-4-8-28(33(25)41(30)18-23-9-10-23)24-11-14-39(15-12-24)34(43)22(2)45-3/h4,6,8,16-17,19,22-24,27H,5,7,9-15,18,20,37H2,1-3H3/t22-,27+/m0/s1. The SMILES string of the molecule is CO[C@@H](C)C(=O)N1CCC(c2cccc3cc(-c4nn5cc(C(=O)N6CCC[C@@H](N)C6)cc(F)c5c4C)n(CC4CC4)c23)CC1. The van der Waals surface area contributed by atoms with Gasteiger partial charge in [-0.3, -0.25) is 9.59 Å². The average Bonchev–Trinajstić information content (AvgIpc) is 3.71. The third-order valence-corrected chi connectivity index (χ3v) is 10.2. The summed E-state index contributed by atoms with van der Waals surface area (Å²) in [5, 5.41) is 6.07. The van der Waals surface area contributed by atoms with Gasteiger partial charge in [0.1, 0.15) is 23.1 Å². The summed E-state index contributed by atoms with van der Waals surface area (Å²) in [4.78, 5) is 29.7. The van der Waals surface area contributed by atoms with Crippen molar-refractivity contribution in [1.29, 1.82) is 0 Å². The van der Waals surface area contributed by atoms with Gasteiger partial charge in [0.05, 0.1) is 16.8 Å².